The van der Waals surface area contributed by atoms with Crippen LogP contribution in [0.15, 0.2) is 40.7 Å². The number of aliphatic carboxylic acids is 2. The average molecular weight is 319 g/mol. The minimum atomic E-state index is -1.36. The Morgan fingerprint density at radius 2 is 1.96 bits per heavy atom. The van der Waals surface area contributed by atoms with E-state index in [4.69, 9.17) is 0 Å². The Bertz CT molecular complexity index is 768. The van der Waals surface area contributed by atoms with Crippen LogP contribution in [0.4, 0.5) is 11.4 Å². The predicted molar refractivity (Wildman–Crippen MR) is 80.4 cm³/mol. The van der Waals surface area contributed by atoms with Gasteiger partial charge in [-0.05, 0) is 19.9 Å². The zero-order valence-electron chi connectivity index (χ0n) is 12.3. The highest BCUT2D eigenvalue weighted by Gasteiger charge is 2.38. The number of carboxylic acids is 2. The molecule has 0 aromatic heterocycles. The molecule has 1 heterocycles. The molecular formula is C14H13N3O6. The monoisotopic (exact) mass is 319 g/mol. The van der Waals surface area contributed by atoms with Gasteiger partial charge in [-0.15, -0.1) is 0 Å². The lowest BCUT2D eigenvalue weighted by Gasteiger charge is -2.34. The molecule has 1 unspecified atom stereocenters. The van der Waals surface area contributed by atoms with Crippen molar-refractivity contribution in [2.24, 2.45) is 4.99 Å². The third kappa shape index (κ3) is 2.89. The van der Waals surface area contributed by atoms with Crippen molar-refractivity contribution < 1.29 is 24.7 Å². The molecule has 0 spiro atoms. The molecule has 1 aromatic carbocycles. The Hall–Kier alpha value is -3.23. The summed E-state index contributed by atoms with van der Waals surface area (Å²) in [6.07, 6.45) is 0. The van der Waals surface area contributed by atoms with Gasteiger partial charge in [-0.2, -0.15) is 0 Å². The van der Waals surface area contributed by atoms with Gasteiger partial charge in [-0.3, -0.25) is 15.1 Å². The van der Waals surface area contributed by atoms with E-state index in [0.29, 0.717) is 0 Å². The summed E-state index contributed by atoms with van der Waals surface area (Å²) in [5.74, 6) is -2.67. The number of carboxylic acid groups (broad SMARTS) is 2. The second-order valence-corrected chi connectivity index (χ2v) is 4.88. The number of nitro benzene ring substituents is 1. The number of anilines is 1. The van der Waals surface area contributed by atoms with Crippen molar-refractivity contribution in [2.75, 3.05) is 4.90 Å². The highest BCUT2D eigenvalue weighted by molar-refractivity contribution is 6.12. The summed E-state index contributed by atoms with van der Waals surface area (Å²) in [5, 5.41) is 29.8. The Labute approximate surface area is 130 Å². The summed E-state index contributed by atoms with van der Waals surface area (Å²) in [6.45, 7) is 2.90. The van der Waals surface area contributed by atoms with Crippen molar-refractivity contribution in [3.63, 3.8) is 0 Å². The summed E-state index contributed by atoms with van der Waals surface area (Å²) < 4.78 is 0. The summed E-state index contributed by atoms with van der Waals surface area (Å²) in [6, 6.07) is 3.79. The lowest BCUT2D eigenvalue weighted by Crippen LogP contribution is -2.49. The van der Waals surface area contributed by atoms with Crippen LogP contribution in [0.5, 0.6) is 0 Å². The van der Waals surface area contributed by atoms with Gasteiger partial charge < -0.3 is 15.1 Å². The molecule has 0 fully saturated rings. The fourth-order valence-corrected chi connectivity index (χ4v) is 2.45. The van der Waals surface area contributed by atoms with Crippen molar-refractivity contribution in [2.45, 2.75) is 19.9 Å². The van der Waals surface area contributed by atoms with Gasteiger partial charge in [0.2, 0.25) is 0 Å². The number of aliphatic imine (C=N–C) groups is 1. The van der Waals surface area contributed by atoms with Crippen LogP contribution in [-0.4, -0.2) is 38.8 Å². The molecule has 0 amide bonds. The Balaban J connectivity index is 2.69. The second kappa shape index (κ2) is 5.87. The fraction of sp³-hybridized carbons (Fsp3) is 0.214. The quantitative estimate of drug-likeness (QED) is 0.636. The molecule has 0 radical (unpaired) electrons. The number of benzene rings is 1. The Morgan fingerprint density at radius 1 is 1.30 bits per heavy atom. The van der Waals surface area contributed by atoms with Crippen molar-refractivity contribution in [3.8, 4) is 0 Å². The van der Waals surface area contributed by atoms with Gasteiger partial charge in [0.15, 0.2) is 6.04 Å². The molecule has 1 atom stereocenters. The van der Waals surface area contributed by atoms with Gasteiger partial charge in [-0.1, -0.05) is 6.07 Å². The number of hydrogen-bond donors (Lipinski definition) is 2. The zero-order chi connectivity index (χ0) is 17.3. The molecule has 9 nitrogen and oxygen atoms in total. The maximum Gasteiger partial charge on any atom is 0.354 e. The lowest BCUT2D eigenvalue weighted by atomic mass is 10.0. The molecule has 0 bridgehead atoms. The Morgan fingerprint density at radius 3 is 2.48 bits per heavy atom. The van der Waals surface area contributed by atoms with E-state index in [2.05, 4.69) is 4.99 Å². The fourth-order valence-electron chi connectivity index (χ4n) is 2.45. The largest absolute Gasteiger partial charge is 0.479 e. The summed E-state index contributed by atoms with van der Waals surface area (Å²) in [5.41, 5.74) is -0.194. The molecule has 1 aromatic rings. The van der Waals surface area contributed by atoms with E-state index in [1.807, 2.05) is 0 Å². The van der Waals surface area contributed by atoms with Gasteiger partial charge in [0, 0.05) is 23.5 Å². The minimum absolute atomic E-state index is 0.0950. The van der Waals surface area contributed by atoms with E-state index in [9.17, 15) is 29.9 Å². The van der Waals surface area contributed by atoms with Crippen LogP contribution >= 0.6 is 0 Å². The summed E-state index contributed by atoms with van der Waals surface area (Å²) >= 11 is 0. The van der Waals surface area contributed by atoms with Crippen molar-refractivity contribution >= 4 is 29.0 Å². The van der Waals surface area contributed by atoms with Crippen LogP contribution in [0.2, 0.25) is 0 Å². The van der Waals surface area contributed by atoms with Crippen molar-refractivity contribution in [3.05, 3.63) is 45.8 Å². The molecule has 120 valence electrons. The first-order chi connectivity index (χ1) is 10.7. The summed E-state index contributed by atoms with van der Waals surface area (Å²) in [7, 11) is 0. The third-order valence-electron chi connectivity index (χ3n) is 3.34. The van der Waals surface area contributed by atoms with Crippen LogP contribution in [0, 0.1) is 10.1 Å². The van der Waals surface area contributed by atoms with Crippen LogP contribution in [-0.2, 0) is 9.59 Å². The number of carbonyl (C=O) groups is 2. The molecular weight excluding hydrogens is 306 g/mol. The molecule has 2 N–H and O–H groups in total. The number of nitrogens with zero attached hydrogens (tertiary/aromatic N) is 3. The molecule has 0 saturated heterocycles. The molecule has 2 rings (SSSR count). The van der Waals surface area contributed by atoms with Crippen LogP contribution in [0.25, 0.3) is 0 Å². The number of non-ortho nitro benzene ring substituents is 1. The maximum atomic E-state index is 11.6. The maximum absolute atomic E-state index is 11.6. The topological polar surface area (TPSA) is 133 Å². The Kier molecular flexibility index (Phi) is 4.12. The van der Waals surface area contributed by atoms with Gasteiger partial charge in [-0.25, -0.2) is 9.59 Å². The number of allylic oxidation sites excluding steroid dienone is 1. The first kappa shape index (κ1) is 16.1. The third-order valence-corrected chi connectivity index (χ3v) is 3.34. The predicted octanol–water partition coefficient (Wildman–Crippen LogP) is 1.65. The highest BCUT2D eigenvalue weighted by atomic mass is 16.6. The van der Waals surface area contributed by atoms with Gasteiger partial charge in [0.05, 0.1) is 10.6 Å². The van der Waals surface area contributed by atoms with E-state index < -0.39 is 22.9 Å². The minimum Gasteiger partial charge on any atom is -0.479 e. The molecule has 0 saturated carbocycles. The molecule has 23 heavy (non-hydrogen) atoms. The van der Waals surface area contributed by atoms with Crippen LogP contribution < -0.4 is 4.90 Å². The first-order valence-corrected chi connectivity index (χ1v) is 6.50. The van der Waals surface area contributed by atoms with Crippen molar-refractivity contribution in [1.29, 1.82) is 0 Å². The van der Waals surface area contributed by atoms with E-state index in [0.717, 1.165) is 11.0 Å². The van der Waals surface area contributed by atoms with Gasteiger partial charge >= 0.3 is 11.9 Å². The smallest absolute Gasteiger partial charge is 0.354 e. The molecule has 9 heteroatoms. The van der Waals surface area contributed by atoms with Crippen LogP contribution in [0.3, 0.4) is 0 Å². The highest BCUT2D eigenvalue weighted by Crippen LogP contribution is 2.31. The number of rotatable bonds is 4. The second-order valence-electron chi connectivity index (χ2n) is 4.88. The average Bonchev–Trinajstić information content (AvgIpc) is 2.45. The SMILES string of the molecule is CC1=NC(C)=C(C(=O)O)N(c2cccc([N+](=O)[O-])c2)C1C(=O)O. The number of nitro groups is 1. The molecule has 0 aliphatic carbocycles. The van der Waals surface area contributed by atoms with Gasteiger partial charge in [0.25, 0.3) is 5.69 Å². The normalized spacial score (nSPS) is 17.7. The first-order valence-electron chi connectivity index (χ1n) is 6.50. The van der Waals surface area contributed by atoms with Gasteiger partial charge in [0.1, 0.15) is 5.70 Å². The molecule has 1 aliphatic rings. The summed E-state index contributed by atoms with van der Waals surface area (Å²) in [4.78, 5) is 38.4. The lowest BCUT2D eigenvalue weighted by molar-refractivity contribution is -0.384. The van der Waals surface area contributed by atoms with Crippen molar-refractivity contribution in [1.82, 2.24) is 0 Å². The van der Waals surface area contributed by atoms with Crippen LogP contribution in [0.1, 0.15) is 13.8 Å². The van der Waals surface area contributed by atoms with E-state index >= 15 is 0 Å². The van der Waals surface area contributed by atoms with E-state index in [1.54, 1.807) is 0 Å². The van der Waals surface area contributed by atoms with E-state index in [-0.39, 0.29) is 28.5 Å². The number of hydrogen-bond acceptors (Lipinski definition) is 6. The zero-order valence-corrected chi connectivity index (χ0v) is 12.3. The molecule has 1 aliphatic heterocycles. The van der Waals surface area contributed by atoms with E-state index in [1.165, 1.54) is 32.0 Å². The standard InChI is InChI=1S/C14H13N3O6/c1-7-11(13(18)19)16(12(14(20)21)8(2)15-7)9-4-3-5-10(6-9)17(22)23/h3-6,11H,1-2H3,(H,18,19)(H,20,21).